The molecule has 0 radical (unpaired) electrons. The highest BCUT2D eigenvalue weighted by Crippen LogP contribution is 2.23. The van der Waals surface area contributed by atoms with Gasteiger partial charge in [0.05, 0.1) is 14.2 Å². The van der Waals surface area contributed by atoms with Crippen molar-refractivity contribution >= 4 is 57.5 Å². The lowest BCUT2D eigenvalue weighted by molar-refractivity contribution is -0.144. The molecule has 0 fully saturated rings. The van der Waals surface area contributed by atoms with Crippen LogP contribution in [0.15, 0.2) is 0 Å². The maximum Gasteiger partial charge on any atom is 0.408 e. The van der Waals surface area contributed by atoms with Crippen molar-refractivity contribution in [3.8, 4) is 0 Å². The zero-order valence-corrected chi connectivity index (χ0v) is 24.5. The summed E-state index contributed by atoms with van der Waals surface area (Å²) in [6, 6.07) is -2.09. The van der Waals surface area contributed by atoms with Crippen LogP contribution in [0.1, 0.15) is 41.5 Å². The number of methoxy groups -OCH3 is 2. The molecule has 0 saturated carbocycles. The number of amides is 4. The largest absolute Gasteiger partial charge is 0.467 e. The lowest BCUT2D eigenvalue weighted by atomic mass is 10.2. The second-order valence-corrected chi connectivity index (χ2v) is 12.1. The average molecular weight is 583 g/mol. The second-order valence-electron chi connectivity index (χ2n) is 9.57. The van der Waals surface area contributed by atoms with E-state index in [1.165, 1.54) is 0 Å². The Morgan fingerprint density at radius 3 is 1.21 bits per heavy atom. The number of hydrogen-bond donors (Lipinski definition) is 4. The fourth-order valence-electron chi connectivity index (χ4n) is 2.28. The van der Waals surface area contributed by atoms with E-state index in [1.807, 2.05) is 0 Å². The van der Waals surface area contributed by atoms with E-state index in [4.69, 9.17) is 18.9 Å². The average Bonchev–Trinajstić information content (AvgIpc) is 2.79. The fourth-order valence-corrected chi connectivity index (χ4v) is 4.58. The topological polar surface area (TPSA) is 187 Å². The van der Waals surface area contributed by atoms with Crippen molar-refractivity contribution in [1.29, 1.82) is 0 Å². The molecule has 0 aromatic rings. The maximum atomic E-state index is 12.2. The zero-order valence-electron chi connectivity index (χ0n) is 22.9. The van der Waals surface area contributed by atoms with Crippen LogP contribution in [-0.4, -0.2) is 98.0 Å². The molecule has 0 spiro atoms. The summed E-state index contributed by atoms with van der Waals surface area (Å²) in [6.07, 6.45) is -1.58. The predicted molar refractivity (Wildman–Crippen MR) is 141 cm³/mol. The van der Waals surface area contributed by atoms with Crippen molar-refractivity contribution in [2.24, 2.45) is 0 Å². The number of nitrogens with one attached hydrogen (secondary N) is 4. The molecule has 4 amide bonds. The molecule has 38 heavy (non-hydrogen) atoms. The van der Waals surface area contributed by atoms with Gasteiger partial charge in [-0.1, -0.05) is 21.6 Å². The standard InChI is InChI=1S/C22H38N4O10S2/c1-21(2,3)35-19(31)23-9-15(27)25-13(17(29)33-7)11-37-38-12-14(18(30)34-8)26-16(28)10-24-20(32)36-22(4,5)6/h13-14H,9-12H2,1-8H3,(H,23,31)(H,24,32)(H,25,27)(H,26,28)/t13-,14-/m0/s1. The van der Waals surface area contributed by atoms with Gasteiger partial charge in [-0.2, -0.15) is 0 Å². The Balaban J connectivity index is 4.74. The van der Waals surface area contributed by atoms with E-state index in [0.717, 1.165) is 35.8 Å². The quantitative estimate of drug-likeness (QED) is 0.103. The van der Waals surface area contributed by atoms with Gasteiger partial charge < -0.3 is 40.2 Å². The second kappa shape index (κ2) is 16.9. The van der Waals surface area contributed by atoms with Gasteiger partial charge in [0.15, 0.2) is 0 Å². The van der Waals surface area contributed by atoms with E-state index in [9.17, 15) is 28.8 Å². The first kappa shape index (κ1) is 35.1. The van der Waals surface area contributed by atoms with Crippen molar-refractivity contribution in [3.63, 3.8) is 0 Å². The van der Waals surface area contributed by atoms with E-state index in [1.54, 1.807) is 41.5 Å². The summed E-state index contributed by atoms with van der Waals surface area (Å²) in [6.45, 7) is 9.19. The lowest BCUT2D eigenvalue weighted by Gasteiger charge is -2.21. The Bertz CT molecular complexity index is 775. The minimum Gasteiger partial charge on any atom is -0.467 e. The highest BCUT2D eigenvalue weighted by atomic mass is 33.1. The van der Waals surface area contributed by atoms with Crippen LogP contribution in [0.2, 0.25) is 0 Å². The SMILES string of the molecule is COC(=O)[C@H](CSSC[C@H](NC(=O)CNC(=O)OC(C)(C)C)C(=O)OC)NC(=O)CNC(=O)OC(C)(C)C. The summed E-state index contributed by atoms with van der Waals surface area (Å²) >= 11 is 0. The molecular formula is C22H38N4O10S2. The Morgan fingerprint density at radius 1 is 0.632 bits per heavy atom. The van der Waals surface area contributed by atoms with Gasteiger partial charge in [0.2, 0.25) is 11.8 Å². The Labute approximate surface area is 230 Å². The van der Waals surface area contributed by atoms with E-state index in [-0.39, 0.29) is 11.5 Å². The first-order valence-corrected chi connectivity index (χ1v) is 13.9. The molecular weight excluding hydrogens is 544 g/mol. The minimum atomic E-state index is -1.05. The molecule has 0 bridgehead atoms. The first-order valence-electron chi connectivity index (χ1n) is 11.4. The summed E-state index contributed by atoms with van der Waals surface area (Å²) in [4.78, 5) is 71.9. The highest BCUT2D eigenvalue weighted by molar-refractivity contribution is 8.76. The number of rotatable bonds is 13. The molecule has 0 rings (SSSR count). The molecule has 0 aliphatic rings. The van der Waals surface area contributed by atoms with Crippen molar-refractivity contribution in [3.05, 3.63) is 0 Å². The van der Waals surface area contributed by atoms with Crippen LogP contribution in [0, 0.1) is 0 Å². The van der Waals surface area contributed by atoms with Crippen LogP contribution >= 0.6 is 21.6 Å². The smallest absolute Gasteiger partial charge is 0.408 e. The molecule has 0 heterocycles. The number of carbonyl (C=O) groups is 6. The molecule has 0 saturated heterocycles. The van der Waals surface area contributed by atoms with Crippen molar-refractivity contribution in [2.45, 2.75) is 64.8 Å². The fraction of sp³-hybridized carbons (Fsp3) is 0.727. The summed E-state index contributed by atoms with van der Waals surface area (Å²) in [5.74, 6) is -2.61. The van der Waals surface area contributed by atoms with Gasteiger partial charge in [-0.05, 0) is 41.5 Å². The molecule has 2 atom stereocenters. The molecule has 218 valence electrons. The van der Waals surface area contributed by atoms with Gasteiger partial charge in [0.25, 0.3) is 0 Å². The molecule has 16 heteroatoms. The van der Waals surface area contributed by atoms with Gasteiger partial charge >= 0.3 is 24.1 Å². The third kappa shape index (κ3) is 17.6. The van der Waals surface area contributed by atoms with Gasteiger partial charge in [0, 0.05) is 11.5 Å². The van der Waals surface area contributed by atoms with E-state index >= 15 is 0 Å². The van der Waals surface area contributed by atoms with Gasteiger partial charge in [-0.15, -0.1) is 0 Å². The van der Waals surface area contributed by atoms with Gasteiger partial charge in [0.1, 0.15) is 36.4 Å². The lowest BCUT2D eigenvalue weighted by Crippen LogP contribution is -2.48. The Kier molecular flexibility index (Phi) is 15.6. The summed E-state index contributed by atoms with van der Waals surface area (Å²) < 4.78 is 19.5. The van der Waals surface area contributed by atoms with Crippen molar-refractivity contribution in [2.75, 3.05) is 38.8 Å². The van der Waals surface area contributed by atoms with E-state index in [0.29, 0.717) is 0 Å². The van der Waals surface area contributed by atoms with Crippen molar-refractivity contribution < 1.29 is 47.7 Å². The number of ether oxygens (including phenoxy) is 4. The van der Waals surface area contributed by atoms with Crippen LogP contribution in [0.25, 0.3) is 0 Å². The number of carbonyl (C=O) groups excluding carboxylic acids is 6. The molecule has 0 aromatic heterocycles. The number of esters is 2. The summed E-state index contributed by atoms with van der Waals surface area (Å²) in [7, 11) is 4.57. The third-order valence-electron chi connectivity index (χ3n) is 3.78. The Morgan fingerprint density at radius 2 is 0.947 bits per heavy atom. The maximum absolute atomic E-state index is 12.2. The monoisotopic (exact) mass is 582 g/mol. The van der Waals surface area contributed by atoms with Crippen LogP contribution in [0.5, 0.6) is 0 Å². The molecule has 4 N–H and O–H groups in total. The minimum absolute atomic E-state index is 0.0531. The Hall–Kier alpha value is -2.88. The predicted octanol–water partition coefficient (Wildman–Crippen LogP) is 0.733. The highest BCUT2D eigenvalue weighted by Gasteiger charge is 2.25. The first-order chi connectivity index (χ1) is 17.5. The molecule has 0 unspecified atom stereocenters. The molecule has 0 aliphatic carbocycles. The van der Waals surface area contributed by atoms with Crippen molar-refractivity contribution in [1.82, 2.24) is 21.3 Å². The van der Waals surface area contributed by atoms with Crippen LogP contribution in [0.4, 0.5) is 9.59 Å². The molecule has 14 nitrogen and oxygen atoms in total. The number of alkyl carbamates (subject to hydrolysis) is 2. The normalized spacial score (nSPS) is 12.7. The van der Waals surface area contributed by atoms with Gasteiger partial charge in [-0.3, -0.25) is 9.59 Å². The number of hydrogen-bond acceptors (Lipinski definition) is 12. The van der Waals surface area contributed by atoms with Crippen LogP contribution in [0.3, 0.4) is 0 Å². The summed E-state index contributed by atoms with van der Waals surface area (Å²) in [5, 5.41) is 9.48. The summed E-state index contributed by atoms with van der Waals surface area (Å²) in [5.41, 5.74) is -1.47. The zero-order chi connectivity index (χ0) is 29.5. The van der Waals surface area contributed by atoms with Gasteiger partial charge in [-0.25, -0.2) is 19.2 Å². The van der Waals surface area contributed by atoms with E-state index < -0.39 is 72.3 Å². The van der Waals surface area contributed by atoms with Crippen LogP contribution in [-0.2, 0) is 38.1 Å². The molecule has 0 aromatic carbocycles. The third-order valence-corrected chi connectivity index (χ3v) is 6.20. The van der Waals surface area contributed by atoms with Crippen LogP contribution < -0.4 is 21.3 Å². The van der Waals surface area contributed by atoms with E-state index in [2.05, 4.69) is 21.3 Å². The molecule has 0 aliphatic heterocycles.